The first kappa shape index (κ1) is 14.7. The number of hydrogen-bond acceptors (Lipinski definition) is 3. The smallest absolute Gasteiger partial charge is 0.143 e. The van der Waals surface area contributed by atoms with Crippen LogP contribution in [0.5, 0.6) is 0 Å². The molecule has 0 aliphatic rings. The van der Waals surface area contributed by atoms with Crippen LogP contribution in [0.4, 0.5) is 0 Å². The quantitative estimate of drug-likeness (QED) is 0.798. The molecule has 2 aromatic rings. The third-order valence-corrected chi connectivity index (χ3v) is 3.49. The Morgan fingerprint density at radius 3 is 1.40 bits per heavy atom. The Labute approximate surface area is 119 Å². The third kappa shape index (κ3) is 2.61. The van der Waals surface area contributed by atoms with E-state index in [4.69, 9.17) is 0 Å². The summed E-state index contributed by atoms with van der Waals surface area (Å²) >= 11 is 0. The number of aliphatic hydroxyl groups excluding tert-OH is 1. The molecular weight excluding hydrogens is 252 g/mol. The Balaban J connectivity index is 2.61. The summed E-state index contributed by atoms with van der Waals surface area (Å²) in [5.74, 6) is 0. The molecule has 20 heavy (non-hydrogen) atoms. The Bertz CT molecular complexity index is 504. The zero-order chi connectivity index (χ0) is 14.8. The Morgan fingerprint density at radius 2 is 1.10 bits per heavy atom. The van der Waals surface area contributed by atoms with Gasteiger partial charge in [0.25, 0.3) is 0 Å². The average molecular weight is 272 g/mol. The summed E-state index contributed by atoms with van der Waals surface area (Å²) < 4.78 is 0. The monoisotopic (exact) mass is 272 g/mol. The van der Waals surface area contributed by atoms with E-state index in [9.17, 15) is 15.3 Å². The Kier molecular flexibility index (Phi) is 3.95. The maximum atomic E-state index is 11.1. The molecule has 0 amide bonds. The van der Waals surface area contributed by atoms with Crippen molar-refractivity contribution in [1.29, 1.82) is 0 Å². The van der Waals surface area contributed by atoms with Gasteiger partial charge in [0.05, 0.1) is 5.60 Å². The van der Waals surface area contributed by atoms with Crippen LogP contribution in [-0.2, 0) is 5.60 Å². The molecule has 0 saturated heterocycles. The summed E-state index contributed by atoms with van der Waals surface area (Å²) in [5.41, 5.74) is -2.03. The average Bonchev–Trinajstić information content (AvgIpc) is 2.46. The minimum atomic E-state index is -1.67. The van der Waals surface area contributed by atoms with E-state index in [-0.39, 0.29) is 0 Å². The van der Waals surface area contributed by atoms with Crippen LogP contribution in [0.25, 0.3) is 0 Å². The summed E-state index contributed by atoms with van der Waals surface area (Å²) in [6.45, 7) is 2.96. The van der Waals surface area contributed by atoms with Gasteiger partial charge in [-0.25, -0.2) is 0 Å². The lowest BCUT2D eigenvalue weighted by Crippen LogP contribution is -2.52. The third-order valence-electron chi connectivity index (χ3n) is 3.49. The molecule has 0 bridgehead atoms. The first-order valence-corrected chi connectivity index (χ1v) is 6.60. The van der Waals surface area contributed by atoms with Gasteiger partial charge in [-0.15, -0.1) is 0 Å². The molecule has 0 heterocycles. The molecule has 106 valence electrons. The zero-order valence-electron chi connectivity index (χ0n) is 11.7. The molecule has 0 aromatic heterocycles. The van der Waals surface area contributed by atoms with Crippen LogP contribution in [0.3, 0.4) is 0 Å². The van der Waals surface area contributed by atoms with Gasteiger partial charge in [-0.1, -0.05) is 60.7 Å². The Morgan fingerprint density at radius 1 is 0.750 bits per heavy atom. The molecule has 2 rings (SSSR count). The van der Waals surface area contributed by atoms with Crippen molar-refractivity contribution in [3.8, 4) is 0 Å². The molecule has 0 fully saturated rings. The number of rotatable bonds is 4. The minimum absolute atomic E-state index is 0.542. The van der Waals surface area contributed by atoms with Crippen molar-refractivity contribution < 1.29 is 15.3 Å². The summed E-state index contributed by atoms with van der Waals surface area (Å²) in [7, 11) is 0. The predicted octanol–water partition coefficient (Wildman–Crippen LogP) is 2.05. The van der Waals surface area contributed by atoms with Gasteiger partial charge in [-0.05, 0) is 25.0 Å². The lowest BCUT2D eigenvalue weighted by molar-refractivity contribution is -0.145. The second-order valence-electron chi connectivity index (χ2n) is 5.55. The molecule has 2 aromatic carbocycles. The second-order valence-corrected chi connectivity index (χ2v) is 5.55. The van der Waals surface area contributed by atoms with Crippen molar-refractivity contribution >= 4 is 0 Å². The summed E-state index contributed by atoms with van der Waals surface area (Å²) in [6.07, 6.45) is -1.36. The maximum absolute atomic E-state index is 11.1. The molecule has 0 aliphatic carbocycles. The van der Waals surface area contributed by atoms with E-state index in [2.05, 4.69) is 0 Å². The largest absolute Gasteiger partial charge is 0.388 e. The zero-order valence-corrected chi connectivity index (χ0v) is 11.7. The van der Waals surface area contributed by atoms with E-state index in [1.165, 1.54) is 13.8 Å². The van der Waals surface area contributed by atoms with E-state index in [0.29, 0.717) is 11.1 Å². The predicted molar refractivity (Wildman–Crippen MR) is 78.2 cm³/mol. The normalized spacial score (nSPS) is 14.1. The lowest BCUT2D eigenvalue weighted by Gasteiger charge is -2.40. The van der Waals surface area contributed by atoms with E-state index in [1.807, 2.05) is 12.1 Å². The molecule has 3 N–H and O–H groups in total. The van der Waals surface area contributed by atoms with Gasteiger partial charge in [-0.2, -0.15) is 0 Å². The summed E-state index contributed by atoms with van der Waals surface area (Å²) in [5, 5.41) is 31.8. The molecular formula is C17H20O3. The van der Waals surface area contributed by atoms with Crippen molar-refractivity contribution in [2.45, 2.75) is 31.2 Å². The number of hydrogen-bond donors (Lipinski definition) is 3. The van der Waals surface area contributed by atoms with Gasteiger partial charge >= 0.3 is 0 Å². The molecule has 0 saturated carbocycles. The van der Waals surface area contributed by atoms with Crippen LogP contribution in [0.2, 0.25) is 0 Å². The number of benzene rings is 2. The van der Waals surface area contributed by atoms with Crippen molar-refractivity contribution in [3.05, 3.63) is 71.8 Å². The highest BCUT2D eigenvalue weighted by molar-refractivity contribution is 5.38. The molecule has 1 unspecified atom stereocenters. The van der Waals surface area contributed by atoms with E-state index in [0.717, 1.165) is 0 Å². The van der Waals surface area contributed by atoms with E-state index in [1.54, 1.807) is 48.5 Å². The van der Waals surface area contributed by atoms with Crippen molar-refractivity contribution in [2.75, 3.05) is 0 Å². The maximum Gasteiger partial charge on any atom is 0.143 e. The van der Waals surface area contributed by atoms with Gasteiger partial charge in [0.1, 0.15) is 11.7 Å². The number of aliphatic hydroxyl groups is 3. The van der Waals surface area contributed by atoms with Crippen LogP contribution in [0.15, 0.2) is 60.7 Å². The van der Waals surface area contributed by atoms with Gasteiger partial charge in [0.15, 0.2) is 0 Å². The molecule has 0 spiro atoms. The fraction of sp³-hybridized carbons (Fsp3) is 0.294. The molecule has 3 heteroatoms. The van der Waals surface area contributed by atoms with E-state index < -0.39 is 17.3 Å². The van der Waals surface area contributed by atoms with Gasteiger partial charge in [0, 0.05) is 0 Å². The van der Waals surface area contributed by atoms with Crippen LogP contribution in [0.1, 0.15) is 25.0 Å². The van der Waals surface area contributed by atoms with Crippen LogP contribution in [0, 0.1) is 0 Å². The molecule has 0 aliphatic heterocycles. The molecule has 0 radical (unpaired) electrons. The van der Waals surface area contributed by atoms with Gasteiger partial charge in [-0.3, -0.25) is 0 Å². The van der Waals surface area contributed by atoms with Crippen molar-refractivity contribution in [3.63, 3.8) is 0 Å². The lowest BCUT2D eigenvalue weighted by atomic mass is 9.76. The summed E-state index contributed by atoms with van der Waals surface area (Å²) in [6, 6.07) is 17.8. The first-order valence-electron chi connectivity index (χ1n) is 6.60. The van der Waals surface area contributed by atoms with E-state index >= 15 is 0 Å². The van der Waals surface area contributed by atoms with Crippen LogP contribution in [-0.4, -0.2) is 27.0 Å². The van der Waals surface area contributed by atoms with Crippen molar-refractivity contribution in [2.24, 2.45) is 0 Å². The molecule has 1 atom stereocenters. The standard InChI is InChI=1S/C17H20O3/c1-16(2,19)15(18)17(20,13-9-5-3-6-10-13)14-11-7-4-8-12-14/h3-12,15,18-20H,1-2H3. The minimum Gasteiger partial charge on any atom is -0.388 e. The molecule has 3 nitrogen and oxygen atoms in total. The Hall–Kier alpha value is -1.68. The fourth-order valence-electron chi connectivity index (χ4n) is 2.38. The van der Waals surface area contributed by atoms with Crippen molar-refractivity contribution in [1.82, 2.24) is 0 Å². The van der Waals surface area contributed by atoms with Gasteiger partial charge in [0.2, 0.25) is 0 Å². The van der Waals surface area contributed by atoms with Crippen LogP contribution >= 0.6 is 0 Å². The highest BCUT2D eigenvalue weighted by Gasteiger charge is 2.46. The topological polar surface area (TPSA) is 60.7 Å². The second kappa shape index (κ2) is 5.37. The highest BCUT2D eigenvalue weighted by Crippen LogP contribution is 2.37. The fourth-order valence-corrected chi connectivity index (χ4v) is 2.38. The SMILES string of the molecule is CC(C)(O)C(O)C(O)(c1ccccc1)c1ccccc1. The first-order chi connectivity index (χ1) is 9.37. The summed E-state index contributed by atoms with van der Waals surface area (Å²) in [4.78, 5) is 0. The highest BCUT2D eigenvalue weighted by atomic mass is 16.4. The van der Waals surface area contributed by atoms with Crippen LogP contribution < -0.4 is 0 Å². The van der Waals surface area contributed by atoms with Gasteiger partial charge < -0.3 is 15.3 Å².